The summed E-state index contributed by atoms with van der Waals surface area (Å²) < 4.78 is 0. The highest BCUT2D eigenvalue weighted by Crippen LogP contribution is 2.26. The molecule has 100 valence electrons. The van der Waals surface area contributed by atoms with E-state index in [-0.39, 0.29) is 11.5 Å². The van der Waals surface area contributed by atoms with Gasteiger partial charge in [0.15, 0.2) is 11.5 Å². The Morgan fingerprint density at radius 1 is 1.17 bits per heavy atom. The largest absolute Gasteiger partial charge is 0.504 e. The van der Waals surface area contributed by atoms with Crippen molar-refractivity contribution in [1.82, 2.24) is 0 Å². The van der Waals surface area contributed by atoms with Gasteiger partial charge < -0.3 is 15.1 Å². The highest BCUT2D eigenvalue weighted by Gasteiger charge is 2.08. The fraction of sp³-hybridized carbons (Fsp3) is 0.500. The molecule has 0 aliphatic rings. The van der Waals surface area contributed by atoms with E-state index in [9.17, 15) is 10.2 Å². The molecule has 0 aromatic heterocycles. The molecule has 4 heteroatoms. The van der Waals surface area contributed by atoms with Crippen molar-refractivity contribution in [3.63, 3.8) is 0 Å². The molecule has 0 amide bonds. The minimum absolute atomic E-state index is 0.122. The van der Waals surface area contributed by atoms with Crippen LogP contribution in [0.15, 0.2) is 23.4 Å². The molecule has 0 aliphatic heterocycles. The average molecular weight is 251 g/mol. The average Bonchev–Trinajstić information content (AvgIpc) is 2.37. The Bertz CT molecular complexity index is 402. The lowest BCUT2D eigenvalue weighted by Gasteiger charge is -2.07. The van der Waals surface area contributed by atoms with Crippen LogP contribution in [0.5, 0.6) is 11.5 Å². The molecular weight excluding hydrogens is 230 g/mol. The van der Waals surface area contributed by atoms with E-state index < -0.39 is 0 Å². The van der Waals surface area contributed by atoms with Crippen LogP contribution in [0.25, 0.3) is 0 Å². The Morgan fingerprint density at radius 3 is 2.56 bits per heavy atom. The van der Waals surface area contributed by atoms with Crippen molar-refractivity contribution in [1.29, 1.82) is 0 Å². The first-order valence-electron chi connectivity index (χ1n) is 6.40. The fourth-order valence-electron chi connectivity index (χ4n) is 1.63. The quantitative estimate of drug-likeness (QED) is 0.338. The molecule has 0 saturated heterocycles. The molecule has 0 aliphatic carbocycles. The topological polar surface area (TPSA) is 62.0 Å². The van der Waals surface area contributed by atoms with Crippen LogP contribution in [-0.2, 0) is 4.84 Å². The molecule has 0 unspecified atom stereocenters. The van der Waals surface area contributed by atoms with Crippen LogP contribution >= 0.6 is 0 Å². The number of benzene rings is 1. The smallest absolute Gasteiger partial charge is 0.158 e. The Morgan fingerprint density at radius 2 is 1.94 bits per heavy atom. The summed E-state index contributed by atoms with van der Waals surface area (Å²) in [5.74, 6) is -0.254. The number of nitrogens with zero attached hydrogens (tertiary/aromatic N) is 1. The van der Waals surface area contributed by atoms with Crippen molar-refractivity contribution < 1.29 is 15.1 Å². The van der Waals surface area contributed by atoms with E-state index in [0.29, 0.717) is 6.61 Å². The van der Waals surface area contributed by atoms with Crippen LogP contribution in [0.2, 0.25) is 0 Å². The van der Waals surface area contributed by atoms with Crippen molar-refractivity contribution in [2.24, 2.45) is 5.16 Å². The van der Waals surface area contributed by atoms with E-state index in [1.54, 1.807) is 6.07 Å². The molecule has 0 fully saturated rings. The van der Waals surface area contributed by atoms with Crippen molar-refractivity contribution in [3.05, 3.63) is 23.8 Å². The van der Waals surface area contributed by atoms with Crippen LogP contribution in [-0.4, -0.2) is 22.5 Å². The van der Waals surface area contributed by atoms with Crippen molar-refractivity contribution in [3.8, 4) is 11.5 Å². The highest BCUT2D eigenvalue weighted by atomic mass is 16.6. The van der Waals surface area contributed by atoms with Gasteiger partial charge in [-0.3, -0.25) is 0 Å². The first kappa shape index (κ1) is 14.4. The number of unbranched alkanes of at least 4 members (excludes halogenated alkanes) is 2. The lowest BCUT2D eigenvalue weighted by Crippen LogP contribution is -2.02. The lowest BCUT2D eigenvalue weighted by atomic mass is 10.0. The van der Waals surface area contributed by atoms with Crippen LogP contribution in [0.3, 0.4) is 0 Å². The zero-order valence-corrected chi connectivity index (χ0v) is 11.0. The van der Waals surface area contributed by atoms with E-state index in [2.05, 4.69) is 12.1 Å². The van der Waals surface area contributed by atoms with Crippen molar-refractivity contribution in [2.75, 3.05) is 6.61 Å². The Hall–Kier alpha value is -1.71. The maximum atomic E-state index is 9.50. The van der Waals surface area contributed by atoms with Gasteiger partial charge in [-0.25, -0.2) is 0 Å². The fourth-order valence-corrected chi connectivity index (χ4v) is 1.63. The standard InChI is InChI=1S/C14H21NO3/c1-3-5-6-7-12(15-18-4-2)11-8-9-13(16)14(17)10-11/h8-10,16-17H,3-7H2,1-2H3/b15-12-. The van der Waals surface area contributed by atoms with E-state index >= 15 is 0 Å². The minimum atomic E-state index is -0.132. The maximum absolute atomic E-state index is 9.50. The second-order valence-electron chi connectivity index (χ2n) is 4.12. The Kier molecular flexibility index (Phi) is 6.05. The Balaban J connectivity index is 2.83. The van der Waals surface area contributed by atoms with E-state index in [1.807, 2.05) is 6.92 Å². The third-order valence-electron chi connectivity index (χ3n) is 2.63. The van der Waals surface area contributed by atoms with Gasteiger partial charge in [-0.2, -0.15) is 0 Å². The Labute approximate surface area is 108 Å². The first-order chi connectivity index (χ1) is 8.69. The normalized spacial score (nSPS) is 11.6. The number of rotatable bonds is 7. The molecule has 0 atom stereocenters. The molecule has 1 aromatic rings. The SMILES string of the molecule is CCCCC/C(=N/OCC)c1ccc(O)c(O)c1. The van der Waals surface area contributed by atoms with Crippen LogP contribution in [0, 0.1) is 0 Å². The van der Waals surface area contributed by atoms with E-state index in [0.717, 1.165) is 37.0 Å². The molecule has 1 aromatic carbocycles. The monoisotopic (exact) mass is 251 g/mol. The third kappa shape index (κ3) is 4.28. The summed E-state index contributed by atoms with van der Waals surface area (Å²) in [5.41, 5.74) is 1.59. The second-order valence-corrected chi connectivity index (χ2v) is 4.12. The summed E-state index contributed by atoms with van der Waals surface area (Å²) >= 11 is 0. The summed E-state index contributed by atoms with van der Waals surface area (Å²) in [6.45, 7) is 4.54. The van der Waals surface area contributed by atoms with Gasteiger partial charge in [0.25, 0.3) is 0 Å². The van der Waals surface area contributed by atoms with Gasteiger partial charge >= 0.3 is 0 Å². The van der Waals surface area contributed by atoms with Gasteiger partial charge in [0, 0.05) is 5.56 Å². The van der Waals surface area contributed by atoms with Gasteiger partial charge in [0.1, 0.15) is 6.61 Å². The van der Waals surface area contributed by atoms with Crippen molar-refractivity contribution in [2.45, 2.75) is 39.5 Å². The molecule has 0 spiro atoms. The van der Waals surface area contributed by atoms with Gasteiger partial charge in [-0.15, -0.1) is 0 Å². The van der Waals surface area contributed by atoms with Gasteiger partial charge in [-0.05, 0) is 38.0 Å². The summed E-state index contributed by atoms with van der Waals surface area (Å²) in [6.07, 6.45) is 4.11. The van der Waals surface area contributed by atoms with Gasteiger partial charge in [-0.1, -0.05) is 24.9 Å². The zero-order valence-electron chi connectivity index (χ0n) is 11.0. The van der Waals surface area contributed by atoms with Crippen molar-refractivity contribution >= 4 is 5.71 Å². The van der Waals surface area contributed by atoms with Crippen LogP contribution in [0.1, 0.15) is 45.1 Å². The number of phenolic OH excluding ortho intramolecular Hbond substituents is 2. The second kappa shape index (κ2) is 7.58. The predicted molar refractivity (Wildman–Crippen MR) is 72.1 cm³/mol. The number of oxime groups is 1. The summed E-state index contributed by atoms with van der Waals surface area (Å²) in [7, 11) is 0. The number of aromatic hydroxyl groups is 2. The van der Waals surface area contributed by atoms with Gasteiger partial charge in [0.05, 0.1) is 5.71 Å². The maximum Gasteiger partial charge on any atom is 0.158 e. The van der Waals surface area contributed by atoms with Gasteiger partial charge in [0.2, 0.25) is 0 Å². The summed E-state index contributed by atoms with van der Waals surface area (Å²) in [4.78, 5) is 5.09. The minimum Gasteiger partial charge on any atom is -0.504 e. The zero-order chi connectivity index (χ0) is 13.4. The first-order valence-corrected chi connectivity index (χ1v) is 6.40. The van der Waals surface area contributed by atoms with Crippen LogP contribution < -0.4 is 0 Å². The molecule has 4 nitrogen and oxygen atoms in total. The lowest BCUT2D eigenvalue weighted by molar-refractivity contribution is 0.158. The molecule has 18 heavy (non-hydrogen) atoms. The van der Waals surface area contributed by atoms with E-state index in [4.69, 9.17) is 4.84 Å². The van der Waals surface area contributed by atoms with Crippen LogP contribution in [0.4, 0.5) is 0 Å². The molecule has 0 radical (unpaired) electrons. The molecule has 2 N–H and O–H groups in total. The number of hydrogen-bond donors (Lipinski definition) is 2. The molecular formula is C14H21NO3. The molecule has 0 bridgehead atoms. The summed E-state index contributed by atoms with van der Waals surface area (Å²) in [5, 5.41) is 22.9. The predicted octanol–water partition coefficient (Wildman–Crippen LogP) is 3.42. The molecule has 1 rings (SSSR count). The highest BCUT2D eigenvalue weighted by molar-refractivity contribution is 6.00. The molecule has 0 saturated carbocycles. The third-order valence-corrected chi connectivity index (χ3v) is 2.63. The number of phenols is 2. The number of hydrogen-bond acceptors (Lipinski definition) is 4. The molecule has 0 heterocycles. The van der Waals surface area contributed by atoms with E-state index in [1.165, 1.54) is 12.1 Å². The summed E-state index contributed by atoms with van der Waals surface area (Å²) in [6, 6.07) is 4.71.